The second-order valence-electron chi connectivity index (χ2n) is 3.86. The normalized spacial score (nSPS) is 19.8. The monoisotopic (exact) mass is 253 g/mol. The highest BCUT2D eigenvalue weighted by molar-refractivity contribution is 7.09. The zero-order valence-electron chi connectivity index (χ0n) is 9.36. The molecule has 0 aliphatic carbocycles. The number of carbonyl (C=O) groups is 2. The van der Waals surface area contributed by atoms with Gasteiger partial charge in [0.2, 0.25) is 11.8 Å². The van der Waals surface area contributed by atoms with Gasteiger partial charge in [-0.15, -0.1) is 11.3 Å². The van der Waals surface area contributed by atoms with Gasteiger partial charge in [0.15, 0.2) is 0 Å². The Bertz CT molecular complexity index is 391. The number of rotatable bonds is 4. The maximum Gasteiger partial charge on any atom is 0.237 e. The van der Waals surface area contributed by atoms with Crippen LogP contribution >= 0.6 is 11.3 Å². The predicted molar refractivity (Wildman–Crippen MR) is 65.6 cm³/mol. The molecule has 17 heavy (non-hydrogen) atoms. The fourth-order valence-electron chi connectivity index (χ4n) is 1.67. The fourth-order valence-corrected chi connectivity index (χ4v) is 2.31. The number of hydrogen-bond donors (Lipinski definition) is 3. The number of nitrogens with one attached hydrogen (secondary N) is 3. The molecule has 92 valence electrons. The molecule has 0 spiro atoms. The molecule has 1 saturated heterocycles. The molecule has 2 amide bonds. The Morgan fingerprint density at radius 3 is 3.12 bits per heavy atom. The summed E-state index contributed by atoms with van der Waals surface area (Å²) < 4.78 is 0. The van der Waals surface area contributed by atoms with Crippen molar-refractivity contribution in [3.8, 4) is 0 Å². The maximum atomic E-state index is 11.6. The topological polar surface area (TPSA) is 70.2 Å². The lowest BCUT2D eigenvalue weighted by Gasteiger charge is -2.22. The molecule has 2 rings (SSSR count). The van der Waals surface area contributed by atoms with Gasteiger partial charge in [-0.05, 0) is 11.4 Å². The quantitative estimate of drug-likeness (QED) is 0.698. The Labute approximate surface area is 104 Å². The van der Waals surface area contributed by atoms with Crippen molar-refractivity contribution in [1.29, 1.82) is 0 Å². The largest absolute Gasteiger partial charge is 0.353 e. The van der Waals surface area contributed by atoms with Crippen LogP contribution in [0.1, 0.15) is 11.3 Å². The molecule has 1 fully saturated rings. The summed E-state index contributed by atoms with van der Waals surface area (Å²) in [6, 6.07) is 3.52. The number of amides is 2. The average molecular weight is 253 g/mol. The summed E-state index contributed by atoms with van der Waals surface area (Å²) in [6.07, 6.45) is 0.192. The minimum absolute atomic E-state index is 0.0949. The van der Waals surface area contributed by atoms with Crippen LogP contribution in [-0.2, 0) is 16.1 Å². The third-order valence-corrected chi connectivity index (χ3v) is 3.44. The van der Waals surface area contributed by atoms with Gasteiger partial charge in [-0.25, -0.2) is 0 Å². The first-order valence-electron chi connectivity index (χ1n) is 5.56. The molecule has 1 aromatic rings. The molecule has 2 heterocycles. The lowest BCUT2D eigenvalue weighted by molar-refractivity contribution is -0.129. The van der Waals surface area contributed by atoms with E-state index in [4.69, 9.17) is 0 Å². The van der Waals surface area contributed by atoms with Crippen LogP contribution < -0.4 is 16.0 Å². The van der Waals surface area contributed by atoms with Crippen LogP contribution in [0.5, 0.6) is 0 Å². The molecule has 1 aliphatic heterocycles. The van der Waals surface area contributed by atoms with Gasteiger partial charge < -0.3 is 16.0 Å². The van der Waals surface area contributed by atoms with Gasteiger partial charge in [0.25, 0.3) is 0 Å². The Morgan fingerprint density at radius 1 is 1.53 bits per heavy atom. The molecule has 1 atom stereocenters. The van der Waals surface area contributed by atoms with Crippen molar-refractivity contribution in [3.05, 3.63) is 22.4 Å². The van der Waals surface area contributed by atoms with E-state index < -0.39 is 6.04 Å². The van der Waals surface area contributed by atoms with Gasteiger partial charge in [0.05, 0.1) is 19.0 Å². The summed E-state index contributed by atoms with van der Waals surface area (Å²) in [4.78, 5) is 24.1. The maximum absolute atomic E-state index is 11.6. The molecule has 0 bridgehead atoms. The molecule has 5 nitrogen and oxygen atoms in total. The van der Waals surface area contributed by atoms with Crippen LogP contribution in [0.3, 0.4) is 0 Å². The van der Waals surface area contributed by atoms with E-state index in [0.717, 1.165) is 4.88 Å². The van der Waals surface area contributed by atoms with E-state index in [9.17, 15) is 9.59 Å². The van der Waals surface area contributed by atoms with Gasteiger partial charge in [-0.3, -0.25) is 9.59 Å². The van der Waals surface area contributed by atoms with Crippen molar-refractivity contribution in [3.63, 3.8) is 0 Å². The van der Waals surface area contributed by atoms with Gasteiger partial charge in [-0.1, -0.05) is 6.07 Å². The lowest BCUT2D eigenvalue weighted by Crippen LogP contribution is -2.54. The Balaban J connectivity index is 1.75. The highest BCUT2D eigenvalue weighted by atomic mass is 32.1. The zero-order valence-corrected chi connectivity index (χ0v) is 10.2. The second-order valence-corrected chi connectivity index (χ2v) is 4.89. The SMILES string of the molecule is O=C(CC1NCCNC1=O)NCc1cccs1. The van der Waals surface area contributed by atoms with Crippen molar-refractivity contribution in [2.75, 3.05) is 13.1 Å². The molecular formula is C11H15N3O2S. The minimum Gasteiger partial charge on any atom is -0.353 e. The molecule has 1 aliphatic rings. The van der Waals surface area contributed by atoms with Crippen LogP contribution in [0.15, 0.2) is 17.5 Å². The number of piperazine rings is 1. The van der Waals surface area contributed by atoms with E-state index in [1.807, 2.05) is 17.5 Å². The molecular weight excluding hydrogens is 238 g/mol. The molecule has 1 unspecified atom stereocenters. The third-order valence-electron chi connectivity index (χ3n) is 2.56. The third kappa shape index (κ3) is 3.54. The van der Waals surface area contributed by atoms with E-state index >= 15 is 0 Å². The smallest absolute Gasteiger partial charge is 0.237 e. The summed E-state index contributed by atoms with van der Waals surface area (Å²) in [5.41, 5.74) is 0. The van der Waals surface area contributed by atoms with E-state index in [1.54, 1.807) is 11.3 Å². The number of thiophene rings is 1. The number of hydrogen-bond acceptors (Lipinski definition) is 4. The lowest BCUT2D eigenvalue weighted by atomic mass is 10.1. The summed E-state index contributed by atoms with van der Waals surface area (Å²) in [6.45, 7) is 1.88. The highest BCUT2D eigenvalue weighted by Gasteiger charge is 2.23. The Morgan fingerprint density at radius 2 is 2.41 bits per heavy atom. The van der Waals surface area contributed by atoms with Crippen LogP contribution in [0.25, 0.3) is 0 Å². The van der Waals surface area contributed by atoms with Gasteiger partial charge in [0.1, 0.15) is 0 Å². The van der Waals surface area contributed by atoms with Crippen molar-refractivity contribution in [1.82, 2.24) is 16.0 Å². The highest BCUT2D eigenvalue weighted by Crippen LogP contribution is 2.07. The van der Waals surface area contributed by atoms with Gasteiger partial charge in [-0.2, -0.15) is 0 Å². The minimum atomic E-state index is -0.396. The standard InChI is InChI=1S/C11H15N3O2S/c15-10(14-7-8-2-1-5-17-8)6-9-11(16)13-4-3-12-9/h1-2,5,9,12H,3-4,6-7H2,(H,13,16)(H,14,15). The van der Waals surface area contributed by atoms with Crippen molar-refractivity contribution in [2.45, 2.75) is 19.0 Å². The van der Waals surface area contributed by atoms with Crippen molar-refractivity contribution in [2.24, 2.45) is 0 Å². The van der Waals surface area contributed by atoms with Gasteiger partial charge in [0, 0.05) is 18.0 Å². The van der Waals surface area contributed by atoms with Crippen LogP contribution in [0, 0.1) is 0 Å². The first kappa shape index (κ1) is 12.1. The summed E-state index contributed by atoms with van der Waals surface area (Å²) >= 11 is 1.60. The molecule has 6 heteroatoms. The van der Waals surface area contributed by atoms with E-state index in [1.165, 1.54) is 0 Å². The second kappa shape index (κ2) is 5.79. The molecule has 0 saturated carbocycles. The zero-order chi connectivity index (χ0) is 12.1. The number of carbonyl (C=O) groups excluding carboxylic acids is 2. The Kier molecular flexibility index (Phi) is 4.11. The fraction of sp³-hybridized carbons (Fsp3) is 0.455. The first-order chi connectivity index (χ1) is 8.25. The Hall–Kier alpha value is -1.40. The first-order valence-corrected chi connectivity index (χ1v) is 6.44. The van der Waals surface area contributed by atoms with E-state index in [-0.39, 0.29) is 18.2 Å². The molecule has 3 N–H and O–H groups in total. The molecule has 0 radical (unpaired) electrons. The predicted octanol–water partition coefficient (Wildman–Crippen LogP) is -0.158. The van der Waals surface area contributed by atoms with Crippen LogP contribution in [0.4, 0.5) is 0 Å². The molecule has 0 aromatic carbocycles. The van der Waals surface area contributed by atoms with Crippen LogP contribution in [0.2, 0.25) is 0 Å². The van der Waals surface area contributed by atoms with Crippen molar-refractivity contribution >= 4 is 23.2 Å². The van der Waals surface area contributed by atoms with Crippen molar-refractivity contribution < 1.29 is 9.59 Å². The van der Waals surface area contributed by atoms with E-state index in [2.05, 4.69) is 16.0 Å². The molecule has 1 aromatic heterocycles. The van der Waals surface area contributed by atoms with E-state index in [0.29, 0.717) is 19.6 Å². The average Bonchev–Trinajstić information content (AvgIpc) is 2.82. The summed E-state index contributed by atoms with van der Waals surface area (Å²) in [5, 5.41) is 10.5. The summed E-state index contributed by atoms with van der Waals surface area (Å²) in [7, 11) is 0. The summed E-state index contributed by atoms with van der Waals surface area (Å²) in [5.74, 6) is -0.199. The van der Waals surface area contributed by atoms with Gasteiger partial charge >= 0.3 is 0 Å². The van der Waals surface area contributed by atoms with Crippen LogP contribution in [-0.4, -0.2) is 30.9 Å².